The summed E-state index contributed by atoms with van der Waals surface area (Å²) in [6.45, 7) is 3.08. The Kier molecular flexibility index (Phi) is 4.47. The maximum Gasteiger partial charge on any atom is 0.253 e. The van der Waals surface area contributed by atoms with Gasteiger partial charge in [0.25, 0.3) is 5.95 Å². The summed E-state index contributed by atoms with van der Waals surface area (Å²) in [5.74, 6) is 1.54. The van der Waals surface area contributed by atoms with E-state index in [0.717, 1.165) is 36.2 Å². The molecule has 6 heteroatoms. The summed E-state index contributed by atoms with van der Waals surface area (Å²) in [5.41, 5.74) is 3.48. The average molecular weight is 371 g/mol. The number of aromatic nitrogens is 4. The zero-order chi connectivity index (χ0) is 18.8. The molecule has 28 heavy (non-hydrogen) atoms. The van der Waals surface area contributed by atoms with Crippen LogP contribution in [0.2, 0.25) is 0 Å². The summed E-state index contributed by atoms with van der Waals surface area (Å²) in [7, 11) is 0. The van der Waals surface area contributed by atoms with E-state index in [4.69, 9.17) is 14.7 Å². The first-order chi connectivity index (χ1) is 13.9. The maximum absolute atomic E-state index is 5.54. The molecule has 6 nitrogen and oxygen atoms in total. The first-order valence-electron chi connectivity index (χ1n) is 9.54. The molecule has 140 valence electrons. The Morgan fingerprint density at radius 3 is 2.54 bits per heavy atom. The molecule has 0 unspecified atom stereocenters. The molecule has 0 atom stereocenters. The highest BCUT2D eigenvalue weighted by atomic mass is 16.5. The van der Waals surface area contributed by atoms with E-state index < -0.39 is 0 Å². The molecule has 1 aliphatic rings. The topological polar surface area (TPSA) is 56.1 Å². The Balaban J connectivity index is 1.61. The van der Waals surface area contributed by atoms with Crippen LogP contribution in [-0.2, 0) is 11.2 Å². The monoisotopic (exact) mass is 371 g/mol. The van der Waals surface area contributed by atoms with Crippen molar-refractivity contribution in [1.82, 2.24) is 19.7 Å². The van der Waals surface area contributed by atoms with E-state index in [1.165, 1.54) is 11.1 Å². The van der Waals surface area contributed by atoms with Crippen LogP contribution in [0.25, 0.3) is 16.9 Å². The van der Waals surface area contributed by atoms with Gasteiger partial charge in [-0.2, -0.15) is 10.1 Å². The minimum absolute atomic E-state index is 0.592. The molecule has 0 radical (unpaired) electrons. The molecule has 0 amide bonds. The summed E-state index contributed by atoms with van der Waals surface area (Å²) < 4.78 is 7.25. The number of nitrogens with zero attached hydrogens (tertiary/aromatic N) is 5. The molecule has 0 aliphatic carbocycles. The third-order valence-electron chi connectivity index (χ3n) is 5.00. The second kappa shape index (κ2) is 7.40. The first-order valence-corrected chi connectivity index (χ1v) is 9.54. The van der Waals surface area contributed by atoms with Gasteiger partial charge in [-0.05, 0) is 35.7 Å². The lowest BCUT2D eigenvalue weighted by atomic mass is 10.0. The zero-order valence-electron chi connectivity index (χ0n) is 15.5. The average Bonchev–Trinajstić information content (AvgIpc) is 3.29. The molecule has 1 fully saturated rings. The first kappa shape index (κ1) is 16.9. The van der Waals surface area contributed by atoms with E-state index in [-0.39, 0.29) is 0 Å². The molecule has 2 aromatic carbocycles. The minimum atomic E-state index is 0.592. The van der Waals surface area contributed by atoms with Crippen molar-refractivity contribution in [1.29, 1.82) is 0 Å². The SMILES string of the molecule is c1ccc(Cc2ccc3nc(-n4cccn4)nc(N4CCOCC4)c3c2)cc1. The summed E-state index contributed by atoms with van der Waals surface area (Å²) in [5, 5.41) is 5.38. The van der Waals surface area contributed by atoms with Gasteiger partial charge in [-0.1, -0.05) is 36.4 Å². The third kappa shape index (κ3) is 3.34. The van der Waals surface area contributed by atoms with Gasteiger partial charge >= 0.3 is 0 Å². The molecule has 0 bridgehead atoms. The number of ether oxygens (including phenoxy) is 1. The number of rotatable bonds is 4. The summed E-state index contributed by atoms with van der Waals surface area (Å²) in [4.78, 5) is 11.9. The van der Waals surface area contributed by atoms with Crippen LogP contribution in [0.1, 0.15) is 11.1 Å². The Hall–Kier alpha value is -3.25. The van der Waals surface area contributed by atoms with Crippen LogP contribution in [0, 0.1) is 0 Å². The Morgan fingerprint density at radius 2 is 1.75 bits per heavy atom. The fourth-order valence-corrected chi connectivity index (χ4v) is 3.59. The van der Waals surface area contributed by atoms with Crippen molar-refractivity contribution in [2.75, 3.05) is 31.2 Å². The third-order valence-corrected chi connectivity index (χ3v) is 5.00. The molecule has 0 N–H and O–H groups in total. The summed E-state index contributed by atoms with van der Waals surface area (Å²) in [6.07, 6.45) is 4.50. The zero-order valence-corrected chi connectivity index (χ0v) is 15.5. The van der Waals surface area contributed by atoms with Crippen LogP contribution in [-0.4, -0.2) is 46.1 Å². The second-order valence-corrected chi connectivity index (χ2v) is 6.91. The van der Waals surface area contributed by atoms with Crippen LogP contribution >= 0.6 is 0 Å². The molecule has 0 spiro atoms. The molecule has 1 aliphatic heterocycles. The lowest BCUT2D eigenvalue weighted by molar-refractivity contribution is 0.122. The van der Waals surface area contributed by atoms with Gasteiger partial charge in [0.05, 0.1) is 18.7 Å². The molecular formula is C22H21N5O. The van der Waals surface area contributed by atoms with Crippen LogP contribution in [0.4, 0.5) is 5.82 Å². The van der Waals surface area contributed by atoms with Crippen LogP contribution in [0.3, 0.4) is 0 Å². The van der Waals surface area contributed by atoms with Crippen molar-refractivity contribution in [3.8, 4) is 5.95 Å². The van der Waals surface area contributed by atoms with Crippen LogP contribution in [0.5, 0.6) is 0 Å². The van der Waals surface area contributed by atoms with Crippen molar-refractivity contribution in [2.24, 2.45) is 0 Å². The maximum atomic E-state index is 5.54. The predicted octanol–water partition coefficient (Wildman–Crippen LogP) is 3.24. The molecule has 5 rings (SSSR count). The number of anilines is 1. The van der Waals surface area contributed by atoms with Gasteiger partial charge in [-0.25, -0.2) is 9.67 Å². The van der Waals surface area contributed by atoms with Crippen molar-refractivity contribution in [3.05, 3.63) is 78.1 Å². The highest BCUT2D eigenvalue weighted by Gasteiger charge is 2.18. The van der Waals surface area contributed by atoms with Crippen molar-refractivity contribution >= 4 is 16.7 Å². The highest BCUT2D eigenvalue weighted by Crippen LogP contribution is 2.27. The van der Waals surface area contributed by atoms with Gasteiger partial charge in [0.15, 0.2) is 0 Å². The normalized spacial score (nSPS) is 14.5. The lowest BCUT2D eigenvalue weighted by Gasteiger charge is -2.29. The van der Waals surface area contributed by atoms with Crippen molar-refractivity contribution < 1.29 is 4.74 Å². The highest BCUT2D eigenvalue weighted by molar-refractivity contribution is 5.90. The molecule has 3 heterocycles. The molecule has 0 saturated carbocycles. The second-order valence-electron chi connectivity index (χ2n) is 6.91. The van der Waals surface area contributed by atoms with Gasteiger partial charge in [-0.15, -0.1) is 0 Å². The Morgan fingerprint density at radius 1 is 0.893 bits per heavy atom. The molecule has 2 aromatic heterocycles. The number of hydrogen-bond donors (Lipinski definition) is 0. The predicted molar refractivity (Wildman–Crippen MR) is 109 cm³/mol. The number of morpholine rings is 1. The fraction of sp³-hybridized carbons (Fsp3) is 0.227. The standard InChI is InChI=1S/C22H21N5O/c1-2-5-17(6-3-1)15-18-7-8-20-19(16-18)21(26-11-13-28-14-12-26)25-22(24-20)27-10-4-9-23-27/h1-10,16H,11-15H2. The Labute approximate surface area is 163 Å². The number of hydrogen-bond acceptors (Lipinski definition) is 5. The largest absolute Gasteiger partial charge is 0.378 e. The summed E-state index contributed by atoms with van der Waals surface area (Å²) in [6, 6.07) is 18.9. The van der Waals surface area contributed by atoms with E-state index in [9.17, 15) is 0 Å². The van der Waals surface area contributed by atoms with Crippen LogP contribution in [0.15, 0.2) is 67.0 Å². The van der Waals surface area contributed by atoms with E-state index >= 15 is 0 Å². The van der Waals surface area contributed by atoms with Gasteiger partial charge in [0.1, 0.15) is 5.82 Å². The van der Waals surface area contributed by atoms with Crippen LogP contribution < -0.4 is 4.90 Å². The number of benzene rings is 2. The van der Waals surface area contributed by atoms with Gasteiger partial charge in [0.2, 0.25) is 0 Å². The van der Waals surface area contributed by atoms with E-state index in [0.29, 0.717) is 19.2 Å². The van der Waals surface area contributed by atoms with Gasteiger partial charge in [-0.3, -0.25) is 0 Å². The van der Waals surface area contributed by atoms with E-state index in [1.54, 1.807) is 10.9 Å². The number of fused-ring (bicyclic) bond motifs is 1. The minimum Gasteiger partial charge on any atom is -0.378 e. The fourth-order valence-electron chi connectivity index (χ4n) is 3.59. The van der Waals surface area contributed by atoms with Gasteiger partial charge in [0, 0.05) is 30.9 Å². The summed E-state index contributed by atoms with van der Waals surface area (Å²) >= 11 is 0. The molecule has 1 saturated heterocycles. The van der Waals surface area contributed by atoms with Gasteiger partial charge < -0.3 is 9.64 Å². The molecular weight excluding hydrogens is 350 g/mol. The van der Waals surface area contributed by atoms with Crippen molar-refractivity contribution in [3.63, 3.8) is 0 Å². The van der Waals surface area contributed by atoms with E-state index in [2.05, 4.69) is 52.5 Å². The Bertz CT molecular complexity index is 1070. The van der Waals surface area contributed by atoms with E-state index in [1.807, 2.05) is 18.3 Å². The smallest absolute Gasteiger partial charge is 0.253 e. The molecule has 4 aromatic rings. The lowest BCUT2D eigenvalue weighted by Crippen LogP contribution is -2.37. The quantitative estimate of drug-likeness (QED) is 0.551. The van der Waals surface area contributed by atoms with Crippen molar-refractivity contribution in [2.45, 2.75) is 6.42 Å².